The van der Waals surface area contributed by atoms with Gasteiger partial charge >= 0.3 is 5.97 Å². The van der Waals surface area contributed by atoms with Gasteiger partial charge in [0, 0.05) is 16.6 Å². The Morgan fingerprint density at radius 1 is 1.56 bits per heavy atom. The molecule has 0 amide bonds. The minimum absolute atomic E-state index is 0.113. The standard InChI is InChI=1S/C10H8BrNO4/c1-6-7(2-5-10(13)14)9(12(15)16)4-3-8(6)11/h2-5H,1H3,(H,13,14)/b5-2+. The van der Waals surface area contributed by atoms with E-state index in [1.165, 1.54) is 12.1 Å². The molecule has 0 aliphatic rings. The smallest absolute Gasteiger partial charge is 0.328 e. The van der Waals surface area contributed by atoms with Gasteiger partial charge in [0.05, 0.1) is 10.5 Å². The lowest BCUT2D eigenvalue weighted by molar-refractivity contribution is -0.385. The van der Waals surface area contributed by atoms with Gasteiger partial charge in [-0.05, 0) is 24.6 Å². The van der Waals surface area contributed by atoms with E-state index in [1.54, 1.807) is 13.0 Å². The van der Waals surface area contributed by atoms with Gasteiger partial charge in [-0.25, -0.2) is 4.79 Å². The normalized spacial score (nSPS) is 10.6. The van der Waals surface area contributed by atoms with Crippen molar-refractivity contribution in [3.63, 3.8) is 0 Å². The Bertz CT molecular complexity index is 482. The van der Waals surface area contributed by atoms with Gasteiger partial charge in [-0.2, -0.15) is 0 Å². The predicted octanol–water partition coefficient (Wildman–Crippen LogP) is 2.76. The Morgan fingerprint density at radius 3 is 2.69 bits per heavy atom. The third kappa shape index (κ3) is 2.66. The summed E-state index contributed by atoms with van der Waals surface area (Å²) in [5, 5.41) is 19.2. The topological polar surface area (TPSA) is 80.4 Å². The van der Waals surface area contributed by atoms with Crippen molar-refractivity contribution in [3.05, 3.63) is 43.9 Å². The van der Waals surface area contributed by atoms with E-state index in [9.17, 15) is 14.9 Å². The highest BCUT2D eigenvalue weighted by atomic mass is 79.9. The lowest BCUT2D eigenvalue weighted by Crippen LogP contribution is -1.95. The maximum absolute atomic E-state index is 10.7. The maximum Gasteiger partial charge on any atom is 0.328 e. The first-order valence-corrected chi connectivity index (χ1v) is 5.07. The van der Waals surface area contributed by atoms with E-state index in [2.05, 4.69) is 15.9 Å². The van der Waals surface area contributed by atoms with Crippen molar-refractivity contribution in [2.45, 2.75) is 6.92 Å². The van der Waals surface area contributed by atoms with Crippen molar-refractivity contribution in [2.24, 2.45) is 0 Å². The van der Waals surface area contributed by atoms with Gasteiger partial charge in [-0.3, -0.25) is 10.1 Å². The molecule has 0 saturated carbocycles. The Labute approximate surface area is 99.7 Å². The largest absolute Gasteiger partial charge is 0.478 e. The average Bonchev–Trinajstić information content (AvgIpc) is 2.19. The van der Waals surface area contributed by atoms with Crippen LogP contribution >= 0.6 is 15.9 Å². The molecule has 5 nitrogen and oxygen atoms in total. The number of nitro groups is 1. The van der Waals surface area contributed by atoms with Crippen LogP contribution in [0.2, 0.25) is 0 Å². The number of aliphatic carboxylic acids is 1. The van der Waals surface area contributed by atoms with E-state index in [0.717, 1.165) is 6.08 Å². The fourth-order valence-corrected chi connectivity index (χ4v) is 1.56. The van der Waals surface area contributed by atoms with Gasteiger partial charge in [-0.15, -0.1) is 0 Å². The molecule has 1 N–H and O–H groups in total. The highest BCUT2D eigenvalue weighted by molar-refractivity contribution is 9.10. The van der Waals surface area contributed by atoms with Crippen LogP contribution in [0, 0.1) is 17.0 Å². The molecule has 0 saturated heterocycles. The molecule has 6 heteroatoms. The first-order valence-electron chi connectivity index (χ1n) is 4.28. The molecule has 0 radical (unpaired) electrons. The lowest BCUT2D eigenvalue weighted by Gasteiger charge is -2.03. The molecule has 0 aliphatic carbocycles. The molecule has 16 heavy (non-hydrogen) atoms. The summed E-state index contributed by atoms with van der Waals surface area (Å²) < 4.78 is 0.697. The van der Waals surface area contributed by atoms with E-state index < -0.39 is 10.9 Å². The van der Waals surface area contributed by atoms with Crippen LogP contribution in [0.4, 0.5) is 5.69 Å². The minimum Gasteiger partial charge on any atom is -0.478 e. The quantitative estimate of drug-likeness (QED) is 0.526. The fourth-order valence-electron chi connectivity index (χ4n) is 1.21. The monoisotopic (exact) mass is 285 g/mol. The summed E-state index contributed by atoms with van der Waals surface area (Å²) in [5.74, 6) is -1.14. The number of carbonyl (C=O) groups is 1. The third-order valence-electron chi connectivity index (χ3n) is 2.02. The first kappa shape index (κ1) is 12.4. The molecule has 0 heterocycles. The molecule has 0 aromatic heterocycles. The third-order valence-corrected chi connectivity index (χ3v) is 2.87. The summed E-state index contributed by atoms with van der Waals surface area (Å²) >= 11 is 3.23. The Hall–Kier alpha value is -1.69. The number of halogens is 1. The molecule has 0 spiro atoms. The number of nitrogens with zero attached hydrogens (tertiary/aromatic N) is 1. The zero-order valence-electron chi connectivity index (χ0n) is 8.31. The van der Waals surface area contributed by atoms with Crippen molar-refractivity contribution in [1.82, 2.24) is 0 Å². The summed E-state index contributed by atoms with van der Waals surface area (Å²) in [6, 6.07) is 2.89. The molecule has 1 aromatic rings. The summed E-state index contributed by atoms with van der Waals surface area (Å²) in [4.78, 5) is 20.6. The zero-order valence-corrected chi connectivity index (χ0v) is 9.89. The van der Waals surface area contributed by atoms with Crippen LogP contribution in [-0.4, -0.2) is 16.0 Å². The lowest BCUT2D eigenvalue weighted by atomic mass is 10.1. The van der Waals surface area contributed by atoms with E-state index in [1.807, 2.05) is 0 Å². The van der Waals surface area contributed by atoms with Crippen LogP contribution in [0.5, 0.6) is 0 Å². The summed E-state index contributed by atoms with van der Waals surface area (Å²) in [6.45, 7) is 1.68. The number of hydrogen-bond acceptors (Lipinski definition) is 3. The Balaban J connectivity index is 3.37. The molecular formula is C10H8BrNO4. The molecule has 0 atom stereocenters. The van der Waals surface area contributed by atoms with Gasteiger partial charge in [0.1, 0.15) is 0 Å². The van der Waals surface area contributed by atoms with Crippen molar-refractivity contribution in [2.75, 3.05) is 0 Å². The molecule has 0 bridgehead atoms. The van der Waals surface area contributed by atoms with E-state index in [0.29, 0.717) is 15.6 Å². The second-order valence-corrected chi connectivity index (χ2v) is 3.89. The average molecular weight is 286 g/mol. The number of hydrogen-bond donors (Lipinski definition) is 1. The van der Waals surface area contributed by atoms with Crippen molar-refractivity contribution < 1.29 is 14.8 Å². The van der Waals surface area contributed by atoms with Gasteiger partial charge in [-0.1, -0.05) is 15.9 Å². The van der Waals surface area contributed by atoms with Crippen LogP contribution in [0.3, 0.4) is 0 Å². The number of benzene rings is 1. The van der Waals surface area contributed by atoms with E-state index >= 15 is 0 Å². The van der Waals surface area contributed by atoms with Crippen molar-refractivity contribution >= 4 is 33.7 Å². The minimum atomic E-state index is -1.14. The van der Waals surface area contributed by atoms with Crippen LogP contribution in [-0.2, 0) is 4.79 Å². The molecule has 0 fully saturated rings. The van der Waals surface area contributed by atoms with Gasteiger partial charge in [0.15, 0.2) is 0 Å². The van der Waals surface area contributed by atoms with E-state index in [4.69, 9.17) is 5.11 Å². The van der Waals surface area contributed by atoms with Crippen molar-refractivity contribution in [1.29, 1.82) is 0 Å². The molecule has 1 rings (SSSR count). The summed E-state index contributed by atoms with van der Waals surface area (Å²) in [7, 11) is 0. The highest BCUT2D eigenvalue weighted by Crippen LogP contribution is 2.29. The predicted molar refractivity (Wildman–Crippen MR) is 62.2 cm³/mol. The van der Waals surface area contributed by atoms with Gasteiger partial charge in [0.2, 0.25) is 0 Å². The first-order chi connectivity index (χ1) is 7.43. The molecular weight excluding hydrogens is 278 g/mol. The summed E-state index contributed by atoms with van der Waals surface area (Å²) in [6.07, 6.45) is 2.10. The second-order valence-electron chi connectivity index (χ2n) is 3.03. The van der Waals surface area contributed by atoms with Crippen LogP contribution in [0.1, 0.15) is 11.1 Å². The molecule has 84 valence electrons. The van der Waals surface area contributed by atoms with Crippen LogP contribution in [0.15, 0.2) is 22.7 Å². The molecule has 0 aliphatic heterocycles. The number of nitro benzene ring substituents is 1. The SMILES string of the molecule is Cc1c(Br)ccc([N+](=O)[O-])c1/C=C/C(=O)O. The fraction of sp³-hybridized carbons (Fsp3) is 0.100. The molecule has 1 aromatic carbocycles. The van der Waals surface area contributed by atoms with Gasteiger partial charge in [0.25, 0.3) is 5.69 Å². The summed E-state index contributed by atoms with van der Waals surface area (Å²) in [5.41, 5.74) is 0.812. The Morgan fingerprint density at radius 2 is 2.19 bits per heavy atom. The number of carboxylic acids is 1. The van der Waals surface area contributed by atoms with E-state index in [-0.39, 0.29) is 5.69 Å². The van der Waals surface area contributed by atoms with Gasteiger partial charge < -0.3 is 5.11 Å². The Kier molecular flexibility index (Phi) is 3.78. The number of rotatable bonds is 3. The second kappa shape index (κ2) is 4.89. The molecule has 0 unspecified atom stereocenters. The van der Waals surface area contributed by atoms with Crippen LogP contribution in [0.25, 0.3) is 6.08 Å². The van der Waals surface area contributed by atoms with Crippen molar-refractivity contribution in [3.8, 4) is 0 Å². The zero-order chi connectivity index (χ0) is 12.3. The highest BCUT2D eigenvalue weighted by Gasteiger charge is 2.15. The number of carboxylic acid groups (broad SMARTS) is 1. The van der Waals surface area contributed by atoms with Crippen LogP contribution < -0.4 is 0 Å². The maximum atomic E-state index is 10.7.